The van der Waals surface area contributed by atoms with Gasteiger partial charge >= 0.3 is 0 Å². The van der Waals surface area contributed by atoms with Crippen molar-refractivity contribution < 1.29 is 0 Å². The summed E-state index contributed by atoms with van der Waals surface area (Å²) in [7, 11) is 6.33. The van der Waals surface area contributed by atoms with Crippen molar-refractivity contribution in [2.75, 3.05) is 40.0 Å². The van der Waals surface area contributed by atoms with Crippen LogP contribution in [0.1, 0.15) is 12.1 Å². The smallest absolute Gasteiger partial charge is 0.0726 e. The molecule has 4 heteroatoms. The summed E-state index contributed by atoms with van der Waals surface area (Å²) in [6, 6.07) is 10.0. The van der Waals surface area contributed by atoms with Gasteiger partial charge in [-0.15, -0.1) is 0 Å². The Bertz CT molecular complexity index is 565. The average Bonchev–Trinajstić information content (AvgIpc) is 2.38. The molecule has 0 aliphatic rings. The summed E-state index contributed by atoms with van der Waals surface area (Å²) >= 11 is 0. The molecule has 0 saturated carbocycles. The molecular weight excluding hydrogens is 248 g/mol. The fraction of sp³-hybridized carbons (Fsp3) is 0.438. The van der Waals surface area contributed by atoms with E-state index >= 15 is 0 Å². The van der Waals surface area contributed by atoms with E-state index in [2.05, 4.69) is 35.9 Å². The van der Waals surface area contributed by atoms with E-state index in [4.69, 9.17) is 5.73 Å². The highest BCUT2D eigenvalue weighted by Gasteiger charge is 2.06. The van der Waals surface area contributed by atoms with Crippen LogP contribution < -0.4 is 5.73 Å². The largest absolute Gasteiger partial charge is 0.398 e. The van der Waals surface area contributed by atoms with Crippen LogP contribution in [0.3, 0.4) is 0 Å². The molecule has 0 amide bonds. The maximum atomic E-state index is 6.11. The van der Waals surface area contributed by atoms with Gasteiger partial charge in [0.15, 0.2) is 0 Å². The van der Waals surface area contributed by atoms with Crippen molar-refractivity contribution in [1.82, 2.24) is 14.8 Å². The fourth-order valence-corrected chi connectivity index (χ4v) is 2.35. The Morgan fingerprint density at radius 3 is 2.60 bits per heavy atom. The number of hydrogen-bond acceptors (Lipinski definition) is 4. The highest BCUT2D eigenvalue weighted by molar-refractivity contribution is 5.90. The van der Waals surface area contributed by atoms with Crippen LogP contribution in [0.4, 0.5) is 5.69 Å². The Balaban J connectivity index is 2.02. The van der Waals surface area contributed by atoms with Crippen LogP contribution in [0.15, 0.2) is 30.3 Å². The van der Waals surface area contributed by atoms with Gasteiger partial charge in [0.25, 0.3) is 0 Å². The zero-order valence-electron chi connectivity index (χ0n) is 12.6. The second-order valence-electron chi connectivity index (χ2n) is 5.61. The zero-order valence-corrected chi connectivity index (χ0v) is 12.6. The van der Waals surface area contributed by atoms with E-state index in [-0.39, 0.29) is 0 Å². The van der Waals surface area contributed by atoms with Gasteiger partial charge < -0.3 is 15.5 Å². The number of aromatic nitrogens is 1. The van der Waals surface area contributed by atoms with Crippen LogP contribution in [0, 0.1) is 0 Å². The van der Waals surface area contributed by atoms with E-state index in [1.807, 2.05) is 30.3 Å². The summed E-state index contributed by atoms with van der Waals surface area (Å²) in [5, 5.41) is 1.03. The van der Waals surface area contributed by atoms with Gasteiger partial charge in [0, 0.05) is 17.6 Å². The summed E-state index contributed by atoms with van der Waals surface area (Å²) in [6.45, 7) is 3.01. The van der Waals surface area contributed by atoms with Gasteiger partial charge in [-0.2, -0.15) is 0 Å². The second kappa shape index (κ2) is 6.68. The molecule has 0 aliphatic carbocycles. The maximum Gasteiger partial charge on any atom is 0.0726 e. The summed E-state index contributed by atoms with van der Waals surface area (Å²) in [6.07, 6.45) is 1.16. The topological polar surface area (TPSA) is 45.4 Å². The van der Waals surface area contributed by atoms with Crippen LogP contribution in [-0.2, 0) is 6.54 Å². The molecule has 1 aromatic carbocycles. The van der Waals surface area contributed by atoms with E-state index in [1.54, 1.807) is 0 Å². The number of para-hydroxylation sites is 1. The molecule has 1 heterocycles. The standard InChI is InChI=1S/C16H24N4/c1-19(2)9-6-10-20(3)12-13-11-15(17)14-7-4-5-8-16(14)18-13/h4-5,7-8,11H,6,9-10,12H2,1-3H3,(H2,17,18). The third kappa shape index (κ3) is 3.92. The number of nitrogens with zero attached hydrogens (tertiary/aromatic N) is 3. The van der Waals surface area contributed by atoms with Gasteiger partial charge in [-0.3, -0.25) is 4.98 Å². The predicted molar refractivity (Wildman–Crippen MR) is 85.7 cm³/mol. The fourth-order valence-electron chi connectivity index (χ4n) is 2.35. The first-order valence-corrected chi connectivity index (χ1v) is 7.03. The van der Waals surface area contributed by atoms with Crippen molar-refractivity contribution in [1.29, 1.82) is 0 Å². The molecule has 0 bridgehead atoms. The molecule has 4 nitrogen and oxygen atoms in total. The summed E-state index contributed by atoms with van der Waals surface area (Å²) in [4.78, 5) is 9.19. The zero-order chi connectivity index (χ0) is 14.5. The minimum atomic E-state index is 0.812. The number of benzene rings is 1. The Hall–Kier alpha value is -1.65. The molecule has 0 radical (unpaired) electrons. The lowest BCUT2D eigenvalue weighted by atomic mass is 10.1. The van der Waals surface area contributed by atoms with Crippen molar-refractivity contribution in [3.63, 3.8) is 0 Å². The lowest BCUT2D eigenvalue weighted by molar-refractivity contribution is 0.292. The van der Waals surface area contributed by atoms with Crippen LogP contribution in [0.25, 0.3) is 10.9 Å². The molecule has 0 spiro atoms. The first kappa shape index (κ1) is 14.8. The minimum absolute atomic E-state index is 0.812. The summed E-state index contributed by atoms with van der Waals surface area (Å²) < 4.78 is 0. The summed E-state index contributed by atoms with van der Waals surface area (Å²) in [5.74, 6) is 0. The minimum Gasteiger partial charge on any atom is -0.398 e. The molecule has 0 atom stereocenters. The molecule has 2 N–H and O–H groups in total. The molecule has 20 heavy (non-hydrogen) atoms. The number of anilines is 1. The molecule has 1 aromatic heterocycles. The van der Waals surface area contributed by atoms with E-state index < -0.39 is 0 Å². The van der Waals surface area contributed by atoms with Gasteiger partial charge in [-0.1, -0.05) is 18.2 Å². The van der Waals surface area contributed by atoms with Crippen molar-refractivity contribution in [3.05, 3.63) is 36.0 Å². The number of pyridine rings is 1. The highest BCUT2D eigenvalue weighted by Crippen LogP contribution is 2.20. The summed E-state index contributed by atoms with van der Waals surface area (Å²) in [5.41, 5.74) is 8.93. The monoisotopic (exact) mass is 272 g/mol. The molecule has 0 aliphatic heterocycles. The number of fused-ring (bicyclic) bond motifs is 1. The van der Waals surface area contributed by atoms with Gasteiger partial charge in [0.05, 0.1) is 11.2 Å². The highest BCUT2D eigenvalue weighted by atomic mass is 15.1. The molecular formula is C16H24N4. The van der Waals surface area contributed by atoms with E-state index in [0.29, 0.717) is 0 Å². The van der Waals surface area contributed by atoms with Crippen molar-refractivity contribution >= 4 is 16.6 Å². The number of rotatable bonds is 6. The van der Waals surface area contributed by atoms with Crippen molar-refractivity contribution in [2.45, 2.75) is 13.0 Å². The van der Waals surface area contributed by atoms with Crippen molar-refractivity contribution in [3.8, 4) is 0 Å². The number of nitrogens with two attached hydrogens (primary N) is 1. The van der Waals surface area contributed by atoms with E-state index in [9.17, 15) is 0 Å². The third-order valence-electron chi connectivity index (χ3n) is 3.38. The Morgan fingerprint density at radius 1 is 1.10 bits per heavy atom. The van der Waals surface area contributed by atoms with Crippen LogP contribution in [-0.4, -0.2) is 49.0 Å². The maximum absolute atomic E-state index is 6.11. The normalized spacial score (nSPS) is 11.7. The average molecular weight is 272 g/mol. The van der Waals surface area contributed by atoms with Crippen LogP contribution in [0.2, 0.25) is 0 Å². The van der Waals surface area contributed by atoms with Crippen molar-refractivity contribution in [2.24, 2.45) is 0 Å². The van der Waals surface area contributed by atoms with E-state index in [0.717, 1.165) is 48.3 Å². The lowest BCUT2D eigenvalue weighted by Crippen LogP contribution is -2.23. The molecule has 0 saturated heterocycles. The van der Waals surface area contributed by atoms with E-state index in [1.165, 1.54) is 0 Å². The molecule has 0 fully saturated rings. The molecule has 2 rings (SSSR count). The Kier molecular flexibility index (Phi) is 4.93. The molecule has 2 aromatic rings. The van der Waals surface area contributed by atoms with Gasteiger partial charge in [-0.05, 0) is 52.8 Å². The number of nitrogen functional groups attached to an aromatic ring is 1. The van der Waals surface area contributed by atoms with Gasteiger partial charge in [0.2, 0.25) is 0 Å². The second-order valence-corrected chi connectivity index (χ2v) is 5.61. The number of hydrogen-bond donors (Lipinski definition) is 1. The third-order valence-corrected chi connectivity index (χ3v) is 3.38. The first-order valence-electron chi connectivity index (χ1n) is 7.03. The Labute approximate surface area is 121 Å². The predicted octanol–water partition coefficient (Wildman–Crippen LogP) is 2.20. The van der Waals surface area contributed by atoms with Crippen LogP contribution >= 0.6 is 0 Å². The quantitative estimate of drug-likeness (QED) is 0.875. The van der Waals surface area contributed by atoms with Gasteiger partial charge in [0.1, 0.15) is 0 Å². The van der Waals surface area contributed by atoms with Crippen LogP contribution in [0.5, 0.6) is 0 Å². The lowest BCUT2D eigenvalue weighted by Gasteiger charge is -2.18. The molecule has 108 valence electrons. The SMILES string of the molecule is CN(C)CCCN(C)Cc1cc(N)c2ccccc2n1. The first-order chi connectivity index (χ1) is 9.56. The van der Waals surface area contributed by atoms with Gasteiger partial charge in [-0.25, -0.2) is 0 Å². The Morgan fingerprint density at radius 2 is 1.85 bits per heavy atom. The molecule has 0 unspecified atom stereocenters.